The molecule has 0 aromatic rings. The van der Waals surface area contributed by atoms with Gasteiger partial charge in [0.1, 0.15) is 0 Å². The molecule has 0 aliphatic heterocycles. The second kappa shape index (κ2) is 3.98. The zero-order valence-corrected chi connectivity index (χ0v) is 13.1. The van der Waals surface area contributed by atoms with Crippen LogP contribution < -0.4 is 0 Å². The predicted octanol–water partition coefficient (Wildman–Crippen LogP) is 5.17. The fourth-order valence-corrected chi connectivity index (χ4v) is 7.68. The number of hydrogen-bond acceptors (Lipinski definition) is 1. The molecule has 0 aromatic carbocycles. The van der Waals surface area contributed by atoms with E-state index >= 15 is 0 Å². The van der Waals surface area contributed by atoms with E-state index in [1.165, 1.54) is 25.7 Å². The Balaban J connectivity index is 1.20. The summed E-state index contributed by atoms with van der Waals surface area (Å²) < 4.78 is 0. The molecule has 1 heteroatoms. The first-order valence-corrected chi connectivity index (χ1v) is 9.63. The summed E-state index contributed by atoms with van der Waals surface area (Å²) >= 11 is 2.16. The van der Waals surface area contributed by atoms with Gasteiger partial charge in [0.25, 0.3) is 0 Å². The Labute approximate surface area is 131 Å². The molecular weight excluding hydrogens is 272 g/mol. The van der Waals surface area contributed by atoms with Crippen molar-refractivity contribution in [2.75, 3.05) is 0 Å². The van der Waals surface area contributed by atoms with Gasteiger partial charge in [-0.2, -0.15) is 0 Å². The van der Waals surface area contributed by atoms with Crippen LogP contribution in [0.4, 0.5) is 0 Å². The second-order valence-corrected chi connectivity index (χ2v) is 9.41. The minimum absolute atomic E-state index is 0.884. The van der Waals surface area contributed by atoms with Crippen molar-refractivity contribution in [1.29, 1.82) is 0 Å². The van der Waals surface area contributed by atoms with Crippen LogP contribution in [-0.4, -0.2) is 0 Å². The number of thioether (sulfide) groups is 1. The van der Waals surface area contributed by atoms with Crippen molar-refractivity contribution < 1.29 is 0 Å². The van der Waals surface area contributed by atoms with Gasteiger partial charge in [0, 0.05) is 0 Å². The number of fused-ring (bicyclic) bond motifs is 10. The molecule has 6 aliphatic rings. The van der Waals surface area contributed by atoms with Gasteiger partial charge in [0.05, 0.1) is 0 Å². The highest BCUT2D eigenvalue weighted by Gasteiger charge is 2.48. The van der Waals surface area contributed by atoms with Crippen LogP contribution in [0.3, 0.4) is 0 Å². The van der Waals surface area contributed by atoms with Crippen molar-refractivity contribution in [3.8, 4) is 0 Å². The molecule has 0 nitrogen and oxygen atoms in total. The molecule has 8 atom stereocenters. The van der Waals surface area contributed by atoms with Gasteiger partial charge in [0.2, 0.25) is 0 Å². The van der Waals surface area contributed by atoms with Gasteiger partial charge in [-0.15, -0.1) is 0 Å². The largest absolute Gasteiger partial charge is 0.0996 e. The minimum atomic E-state index is 0.884. The van der Waals surface area contributed by atoms with Crippen LogP contribution in [0.15, 0.2) is 46.3 Å². The highest BCUT2D eigenvalue weighted by Crippen LogP contribution is 2.60. The van der Waals surface area contributed by atoms with E-state index in [9.17, 15) is 0 Å². The third-order valence-electron chi connectivity index (χ3n) is 7.27. The van der Waals surface area contributed by atoms with E-state index in [0.717, 1.165) is 47.3 Å². The van der Waals surface area contributed by atoms with Crippen molar-refractivity contribution in [3.05, 3.63) is 46.3 Å². The number of allylic oxidation sites excluding steroid dienone is 8. The van der Waals surface area contributed by atoms with Gasteiger partial charge in [-0.1, -0.05) is 48.2 Å². The lowest BCUT2D eigenvalue weighted by Crippen LogP contribution is -2.12. The Morgan fingerprint density at radius 2 is 1.14 bits per heavy atom. The zero-order chi connectivity index (χ0) is 13.6. The maximum absolute atomic E-state index is 2.66. The third kappa shape index (κ3) is 1.54. The summed E-state index contributed by atoms with van der Waals surface area (Å²) in [6.07, 6.45) is 21.0. The Kier molecular flexibility index (Phi) is 2.24. The SMILES string of the molecule is C1=CC2CC1C1C=C(SC3=CC4C5C=CC(C5)C4C3)CC21. The summed E-state index contributed by atoms with van der Waals surface area (Å²) in [5.74, 6) is 7.29. The molecule has 108 valence electrons. The third-order valence-corrected chi connectivity index (χ3v) is 8.40. The number of hydrogen-bond donors (Lipinski definition) is 0. The lowest BCUT2D eigenvalue weighted by atomic mass is 9.86. The van der Waals surface area contributed by atoms with Crippen molar-refractivity contribution in [2.45, 2.75) is 25.7 Å². The standard InChI is InChI=1S/C20H22S/c1-2-12-5-11(1)17-7-15(8-18(12)17)21-16-9-19-13-3-4-14(6-13)20(19)10-16/h1-4,7,9,11-14,17-20H,5-6,8,10H2. The average Bonchev–Trinajstić information content (AvgIpc) is 3.27. The summed E-state index contributed by atoms with van der Waals surface area (Å²) in [7, 11) is 0. The molecule has 0 heterocycles. The summed E-state index contributed by atoms with van der Waals surface area (Å²) in [6, 6.07) is 0. The first kappa shape index (κ1) is 11.8. The predicted molar refractivity (Wildman–Crippen MR) is 88.4 cm³/mol. The van der Waals surface area contributed by atoms with Crippen LogP contribution >= 0.6 is 11.8 Å². The first-order valence-electron chi connectivity index (χ1n) is 8.81. The van der Waals surface area contributed by atoms with Crippen LogP contribution in [0.25, 0.3) is 0 Å². The van der Waals surface area contributed by atoms with E-state index in [1.807, 2.05) is 0 Å². The molecule has 0 aromatic heterocycles. The molecule has 2 saturated carbocycles. The fraction of sp³-hybridized carbons (Fsp3) is 0.600. The van der Waals surface area contributed by atoms with Crippen LogP contribution in [-0.2, 0) is 0 Å². The highest BCUT2D eigenvalue weighted by molar-refractivity contribution is 8.06. The number of rotatable bonds is 2. The van der Waals surface area contributed by atoms with Crippen molar-refractivity contribution in [3.63, 3.8) is 0 Å². The topological polar surface area (TPSA) is 0 Å². The maximum Gasteiger partial charge on any atom is -0.0122 e. The van der Waals surface area contributed by atoms with Crippen LogP contribution in [0.2, 0.25) is 0 Å². The summed E-state index contributed by atoms with van der Waals surface area (Å²) in [5, 5.41) is 0. The molecule has 8 unspecified atom stereocenters. The molecule has 21 heavy (non-hydrogen) atoms. The Bertz CT molecular complexity index is 568. The highest BCUT2D eigenvalue weighted by atomic mass is 32.2. The summed E-state index contributed by atoms with van der Waals surface area (Å²) in [5.41, 5.74) is 0. The molecule has 0 amide bonds. The van der Waals surface area contributed by atoms with Crippen LogP contribution in [0.5, 0.6) is 0 Å². The Morgan fingerprint density at radius 3 is 1.62 bits per heavy atom. The molecule has 0 saturated heterocycles. The van der Waals surface area contributed by atoms with E-state index in [1.54, 1.807) is 9.81 Å². The van der Waals surface area contributed by atoms with Crippen molar-refractivity contribution in [1.82, 2.24) is 0 Å². The average molecular weight is 294 g/mol. The van der Waals surface area contributed by atoms with Gasteiger partial charge >= 0.3 is 0 Å². The van der Waals surface area contributed by atoms with Gasteiger partial charge in [-0.3, -0.25) is 0 Å². The molecule has 0 radical (unpaired) electrons. The minimum Gasteiger partial charge on any atom is -0.0996 e. The smallest absolute Gasteiger partial charge is 0.0122 e. The molecular formula is C20H22S. The molecule has 6 rings (SSSR count). The van der Waals surface area contributed by atoms with Crippen LogP contribution in [0, 0.1) is 47.3 Å². The molecule has 0 N–H and O–H groups in total. The molecule has 4 bridgehead atoms. The normalized spacial score (nSPS) is 54.3. The van der Waals surface area contributed by atoms with Crippen LogP contribution in [0.1, 0.15) is 25.7 Å². The van der Waals surface area contributed by atoms with Crippen molar-refractivity contribution >= 4 is 11.8 Å². The summed E-state index contributed by atoms with van der Waals surface area (Å²) in [4.78, 5) is 3.41. The maximum atomic E-state index is 2.66. The van der Waals surface area contributed by atoms with Gasteiger partial charge in [-0.25, -0.2) is 0 Å². The van der Waals surface area contributed by atoms with Gasteiger partial charge < -0.3 is 0 Å². The van der Waals surface area contributed by atoms with Gasteiger partial charge in [-0.05, 0) is 82.8 Å². The van der Waals surface area contributed by atoms with Gasteiger partial charge in [0.15, 0.2) is 0 Å². The molecule has 0 spiro atoms. The lowest BCUT2D eigenvalue weighted by Gasteiger charge is -2.19. The monoisotopic (exact) mass is 294 g/mol. The first-order chi connectivity index (χ1) is 10.3. The van der Waals surface area contributed by atoms with E-state index in [2.05, 4.69) is 48.2 Å². The lowest BCUT2D eigenvalue weighted by molar-refractivity contribution is 0.396. The van der Waals surface area contributed by atoms with E-state index < -0.39 is 0 Å². The Morgan fingerprint density at radius 1 is 0.667 bits per heavy atom. The quantitative estimate of drug-likeness (QED) is 0.633. The Hall–Kier alpha value is -0.690. The van der Waals surface area contributed by atoms with E-state index in [4.69, 9.17) is 0 Å². The second-order valence-electron chi connectivity index (χ2n) is 8.16. The van der Waals surface area contributed by atoms with E-state index in [-0.39, 0.29) is 0 Å². The molecule has 6 aliphatic carbocycles. The fourth-order valence-electron chi connectivity index (χ4n) is 6.34. The summed E-state index contributed by atoms with van der Waals surface area (Å²) in [6.45, 7) is 0. The van der Waals surface area contributed by atoms with Crippen molar-refractivity contribution in [2.24, 2.45) is 47.3 Å². The van der Waals surface area contributed by atoms with E-state index in [0.29, 0.717) is 0 Å². The molecule has 2 fully saturated rings. The zero-order valence-electron chi connectivity index (χ0n) is 12.3.